The van der Waals surface area contributed by atoms with Crippen molar-refractivity contribution >= 4 is 17.4 Å². The minimum Gasteiger partial charge on any atom is -0.385 e. The first kappa shape index (κ1) is 25.8. The first-order valence-electron chi connectivity index (χ1n) is 10.7. The molecule has 0 aliphatic carbocycles. The molecule has 186 valence electrons. The van der Waals surface area contributed by atoms with E-state index in [0.717, 1.165) is 27.2 Å². The molecule has 3 N–H and O–H groups in total. The van der Waals surface area contributed by atoms with Gasteiger partial charge >= 0.3 is 11.9 Å². The topological polar surface area (TPSA) is 110 Å². The lowest BCUT2D eigenvalue weighted by molar-refractivity contribution is -0.137. The highest BCUT2D eigenvalue weighted by Gasteiger charge is 2.30. The number of hydrogen-bond donors (Lipinski definition) is 2. The van der Waals surface area contributed by atoms with Crippen LogP contribution >= 0.6 is 0 Å². The molecule has 0 fully saturated rings. The molecule has 0 aliphatic heterocycles. The van der Waals surface area contributed by atoms with Gasteiger partial charge in [-0.25, -0.2) is 4.79 Å². The lowest BCUT2D eigenvalue weighted by Crippen LogP contribution is -2.42. The Bertz CT molecular complexity index is 1270. The number of halogens is 3. The zero-order valence-electron chi connectivity index (χ0n) is 19.0. The number of rotatable bonds is 9. The van der Waals surface area contributed by atoms with Gasteiger partial charge in [0.15, 0.2) is 5.69 Å². The predicted molar refractivity (Wildman–Crippen MR) is 125 cm³/mol. The third-order valence-electron chi connectivity index (χ3n) is 5.34. The summed E-state index contributed by atoms with van der Waals surface area (Å²) < 4.78 is 44.7. The second-order valence-electron chi connectivity index (χ2n) is 7.83. The lowest BCUT2D eigenvalue weighted by Gasteiger charge is -2.25. The highest BCUT2D eigenvalue weighted by molar-refractivity contribution is 5.96. The summed E-state index contributed by atoms with van der Waals surface area (Å²) in [6, 6.07) is 13.1. The quantitative estimate of drug-likeness (QED) is 0.448. The predicted octanol–water partition coefficient (Wildman–Crippen LogP) is 2.80. The van der Waals surface area contributed by atoms with Crippen molar-refractivity contribution in [1.29, 1.82) is 0 Å². The highest BCUT2D eigenvalue weighted by atomic mass is 19.4. The van der Waals surface area contributed by atoms with E-state index in [2.05, 4.69) is 4.98 Å². The van der Waals surface area contributed by atoms with Gasteiger partial charge in [-0.3, -0.25) is 19.1 Å². The van der Waals surface area contributed by atoms with Gasteiger partial charge in [0.25, 0.3) is 5.56 Å². The fraction of sp³-hybridized carbons (Fsp3) is 0.292. The Morgan fingerprint density at radius 3 is 2.31 bits per heavy atom. The molecule has 1 amide bonds. The number of H-pyrrole nitrogens is 1. The molecule has 0 saturated carbocycles. The van der Waals surface area contributed by atoms with Crippen LogP contribution in [0.2, 0.25) is 0 Å². The van der Waals surface area contributed by atoms with Gasteiger partial charge < -0.3 is 15.4 Å². The third-order valence-corrected chi connectivity index (χ3v) is 5.34. The Morgan fingerprint density at radius 2 is 1.71 bits per heavy atom. The van der Waals surface area contributed by atoms with Gasteiger partial charge in [0.1, 0.15) is 5.82 Å². The Labute approximate surface area is 198 Å². The maximum atomic E-state index is 13.2. The molecule has 2 aromatic carbocycles. The molecule has 0 unspecified atom stereocenters. The first-order chi connectivity index (χ1) is 16.6. The number of nitrogen functional groups attached to an aromatic ring is 1. The molecule has 1 heterocycles. The highest BCUT2D eigenvalue weighted by Crippen LogP contribution is 2.29. The van der Waals surface area contributed by atoms with E-state index in [-0.39, 0.29) is 37.6 Å². The van der Waals surface area contributed by atoms with Crippen LogP contribution in [-0.2, 0) is 28.7 Å². The van der Waals surface area contributed by atoms with Crippen molar-refractivity contribution < 1.29 is 22.7 Å². The average Bonchev–Trinajstić information content (AvgIpc) is 2.81. The van der Waals surface area contributed by atoms with Crippen LogP contribution in [0.5, 0.6) is 0 Å². The van der Waals surface area contributed by atoms with Crippen LogP contribution in [-0.4, -0.2) is 35.7 Å². The number of hydrogen-bond acceptors (Lipinski definition) is 5. The summed E-state index contributed by atoms with van der Waals surface area (Å²) in [5, 5.41) is 0. The number of nitrogens with one attached hydrogen (secondary N) is 1. The molecule has 11 heteroatoms. The lowest BCUT2D eigenvalue weighted by atomic mass is 10.1. The zero-order valence-corrected chi connectivity index (χ0v) is 19.0. The smallest absolute Gasteiger partial charge is 0.385 e. The number of benzene rings is 2. The monoisotopic (exact) mass is 490 g/mol. The van der Waals surface area contributed by atoms with Gasteiger partial charge in [0, 0.05) is 20.3 Å². The Balaban J connectivity index is 1.97. The molecule has 35 heavy (non-hydrogen) atoms. The van der Waals surface area contributed by atoms with Gasteiger partial charge in [-0.1, -0.05) is 42.5 Å². The summed E-state index contributed by atoms with van der Waals surface area (Å²) in [5.74, 6) is -0.760. The molecular formula is C24H25F3N4O4. The number of carbonyl (C=O) groups is 1. The second kappa shape index (κ2) is 11.0. The zero-order chi connectivity index (χ0) is 25.6. The van der Waals surface area contributed by atoms with Crippen LogP contribution in [0.3, 0.4) is 0 Å². The van der Waals surface area contributed by atoms with Crippen LogP contribution in [0, 0.1) is 0 Å². The van der Waals surface area contributed by atoms with E-state index in [0.29, 0.717) is 12.0 Å². The van der Waals surface area contributed by atoms with Crippen molar-refractivity contribution in [3.05, 3.63) is 92.1 Å². The molecule has 0 radical (unpaired) electrons. The number of anilines is 2. The molecule has 3 rings (SSSR count). The largest absolute Gasteiger partial charge is 0.416 e. The molecular weight excluding hydrogens is 465 g/mol. The Kier molecular flexibility index (Phi) is 8.13. The minimum absolute atomic E-state index is 0.0458. The number of carbonyl (C=O) groups excluding carboxylic acids is 1. The molecule has 1 aromatic heterocycles. The molecule has 0 bridgehead atoms. The number of nitrogens with two attached hydrogens (primary N) is 1. The molecule has 0 spiro atoms. The van der Waals surface area contributed by atoms with E-state index in [9.17, 15) is 27.6 Å². The summed E-state index contributed by atoms with van der Waals surface area (Å²) in [4.78, 5) is 41.8. The van der Waals surface area contributed by atoms with Crippen LogP contribution in [0.1, 0.15) is 23.1 Å². The van der Waals surface area contributed by atoms with Crippen LogP contribution in [0.4, 0.5) is 24.7 Å². The van der Waals surface area contributed by atoms with Crippen molar-refractivity contribution in [3.8, 4) is 0 Å². The van der Waals surface area contributed by atoms with Gasteiger partial charge in [-0.15, -0.1) is 0 Å². The van der Waals surface area contributed by atoms with Crippen molar-refractivity contribution in [3.63, 3.8) is 0 Å². The van der Waals surface area contributed by atoms with Crippen molar-refractivity contribution in [1.82, 2.24) is 9.55 Å². The maximum absolute atomic E-state index is 13.2. The van der Waals surface area contributed by atoms with E-state index >= 15 is 0 Å². The number of aromatic amines is 1. The first-order valence-corrected chi connectivity index (χ1v) is 10.7. The van der Waals surface area contributed by atoms with Crippen LogP contribution < -0.4 is 21.9 Å². The van der Waals surface area contributed by atoms with Crippen LogP contribution in [0.15, 0.2) is 64.2 Å². The maximum Gasteiger partial charge on any atom is 0.416 e. The Hall–Kier alpha value is -3.86. The molecule has 0 atom stereocenters. The number of alkyl halides is 3. The number of aromatic nitrogens is 2. The molecule has 8 nitrogen and oxygen atoms in total. The molecule has 3 aromatic rings. The van der Waals surface area contributed by atoms with Gasteiger partial charge in [0.05, 0.1) is 18.5 Å². The summed E-state index contributed by atoms with van der Waals surface area (Å²) in [5.41, 5.74) is 4.71. The number of methoxy groups -OCH3 is 1. The standard InChI is InChI=1S/C24H25F3N4O4/c1-35-13-5-12-30(19(32)14-16-8-10-18(11-9-16)24(25,26)27)20-21(28)31(23(34)29-22(20)33)15-17-6-3-2-4-7-17/h2-4,6-11H,5,12-15,28H2,1H3,(H,29,33,34). The van der Waals surface area contributed by atoms with E-state index in [4.69, 9.17) is 10.5 Å². The van der Waals surface area contributed by atoms with E-state index in [1.807, 2.05) is 6.07 Å². The average molecular weight is 490 g/mol. The summed E-state index contributed by atoms with van der Waals surface area (Å²) in [6.45, 7) is 0.393. The second-order valence-corrected chi connectivity index (χ2v) is 7.83. The van der Waals surface area contributed by atoms with Crippen molar-refractivity contribution in [2.45, 2.75) is 25.6 Å². The van der Waals surface area contributed by atoms with Gasteiger partial charge in [-0.2, -0.15) is 13.2 Å². The normalized spacial score (nSPS) is 11.4. The van der Waals surface area contributed by atoms with Gasteiger partial charge in [-0.05, 0) is 29.7 Å². The summed E-state index contributed by atoms with van der Waals surface area (Å²) in [7, 11) is 1.48. The fourth-order valence-corrected chi connectivity index (χ4v) is 3.57. The van der Waals surface area contributed by atoms with Crippen molar-refractivity contribution in [2.24, 2.45) is 0 Å². The number of ether oxygens (including phenoxy) is 1. The van der Waals surface area contributed by atoms with Crippen LogP contribution in [0.25, 0.3) is 0 Å². The van der Waals surface area contributed by atoms with E-state index in [1.54, 1.807) is 24.3 Å². The molecule has 0 saturated heterocycles. The van der Waals surface area contributed by atoms with E-state index in [1.165, 1.54) is 19.2 Å². The van der Waals surface area contributed by atoms with Crippen molar-refractivity contribution in [2.75, 3.05) is 30.9 Å². The summed E-state index contributed by atoms with van der Waals surface area (Å²) >= 11 is 0. The SMILES string of the molecule is COCCCN(C(=O)Cc1ccc(C(F)(F)F)cc1)c1c(N)n(Cc2ccccc2)c(=O)[nH]c1=O. The number of nitrogens with zero attached hydrogens (tertiary/aromatic N) is 2. The third kappa shape index (κ3) is 6.38. The number of amides is 1. The Morgan fingerprint density at radius 1 is 1.06 bits per heavy atom. The molecule has 0 aliphatic rings. The van der Waals surface area contributed by atoms with E-state index < -0.39 is 28.9 Å². The summed E-state index contributed by atoms with van der Waals surface area (Å²) in [6.07, 6.45) is -4.42. The fourth-order valence-electron chi connectivity index (χ4n) is 3.57. The minimum atomic E-state index is -4.50. The van der Waals surface area contributed by atoms with Gasteiger partial charge in [0.2, 0.25) is 5.91 Å².